The van der Waals surface area contributed by atoms with Gasteiger partial charge in [-0.3, -0.25) is 0 Å². The van der Waals surface area contributed by atoms with Gasteiger partial charge in [0.15, 0.2) is 0 Å². The maximum atomic E-state index is 6.08. The number of nitrogens with one attached hydrogen (secondary N) is 1. The van der Waals surface area contributed by atoms with Gasteiger partial charge in [0.25, 0.3) is 0 Å². The standard InChI is InChI=1S/C16H22ClN/c17-10-13-6-2-4-8-16(13)18-11-14-9-12-5-1-3-7-15(12)14/h1,3,5,7,13-14,16,18H,2,4,6,8-11H2. The summed E-state index contributed by atoms with van der Waals surface area (Å²) < 4.78 is 0. The summed E-state index contributed by atoms with van der Waals surface area (Å²) in [6.07, 6.45) is 6.60. The third kappa shape index (κ3) is 2.44. The lowest BCUT2D eigenvalue weighted by Crippen LogP contribution is -2.42. The van der Waals surface area contributed by atoms with E-state index in [9.17, 15) is 0 Å². The Morgan fingerprint density at radius 2 is 2.00 bits per heavy atom. The molecular weight excluding hydrogens is 242 g/mol. The van der Waals surface area contributed by atoms with Crippen LogP contribution in [0.2, 0.25) is 0 Å². The minimum Gasteiger partial charge on any atom is -0.313 e. The molecule has 1 aromatic carbocycles. The third-order valence-corrected chi connectivity index (χ3v) is 5.09. The van der Waals surface area contributed by atoms with Crippen LogP contribution in [0.1, 0.15) is 42.7 Å². The summed E-state index contributed by atoms with van der Waals surface area (Å²) in [5, 5.41) is 3.78. The van der Waals surface area contributed by atoms with E-state index in [0.717, 1.165) is 18.3 Å². The van der Waals surface area contributed by atoms with Crippen molar-refractivity contribution in [1.82, 2.24) is 5.32 Å². The monoisotopic (exact) mass is 263 g/mol. The second-order valence-electron chi connectivity index (χ2n) is 5.81. The number of alkyl halides is 1. The first-order valence-electron chi connectivity index (χ1n) is 7.25. The average molecular weight is 264 g/mol. The molecule has 1 nitrogen and oxygen atoms in total. The van der Waals surface area contributed by atoms with Crippen molar-refractivity contribution in [2.24, 2.45) is 5.92 Å². The molecule has 1 saturated carbocycles. The van der Waals surface area contributed by atoms with Crippen LogP contribution in [-0.4, -0.2) is 18.5 Å². The van der Waals surface area contributed by atoms with Gasteiger partial charge in [-0.15, -0.1) is 11.6 Å². The number of benzene rings is 1. The summed E-state index contributed by atoms with van der Waals surface area (Å²) in [6, 6.07) is 9.50. The maximum Gasteiger partial charge on any atom is 0.0266 e. The third-order valence-electron chi connectivity index (χ3n) is 4.69. The van der Waals surface area contributed by atoms with E-state index in [0.29, 0.717) is 12.0 Å². The van der Waals surface area contributed by atoms with E-state index < -0.39 is 0 Å². The summed E-state index contributed by atoms with van der Waals surface area (Å²) in [4.78, 5) is 0. The summed E-state index contributed by atoms with van der Waals surface area (Å²) in [6.45, 7) is 1.13. The van der Waals surface area contributed by atoms with Crippen molar-refractivity contribution in [1.29, 1.82) is 0 Å². The SMILES string of the molecule is ClCC1CCCCC1NCC1Cc2ccccc21. The zero-order chi connectivity index (χ0) is 12.4. The second kappa shape index (κ2) is 5.63. The van der Waals surface area contributed by atoms with Crippen LogP contribution in [0.3, 0.4) is 0 Å². The lowest BCUT2D eigenvalue weighted by atomic mass is 9.77. The Kier molecular flexibility index (Phi) is 3.91. The van der Waals surface area contributed by atoms with Gasteiger partial charge in [0.05, 0.1) is 0 Å². The fourth-order valence-corrected chi connectivity index (χ4v) is 3.87. The number of halogens is 1. The zero-order valence-electron chi connectivity index (χ0n) is 10.9. The zero-order valence-corrected chi connectivity index (χ0v) is 11.6. The molecule has 0 saturated heterocycles. The molecule has 1 N–H and O–H groups in total. The summed E-state index contributed by atoms with van der Waals surface area (Å²) >= 11 is 6.08. The van der Waals surface area contributed by atoms with Gasteiger partial charge < -0.3 is 5.32 Å². The second-order valence-corrected chi connectivity index (χ2v) is 6.12. The Bertz CT molecular complexity index is 404. The molecule has 2 aliphatic rings. The first-order chi connectivity index (χ1) is 8.88. The fourth-order valence-electron chi connectivity index (χ4n) is 3.50. The Morgan fingerprint density at radius 1 is 1.17 bits per heavy atom. The molecule has 2 aliphatic carbocycles. The van der Waals surface area contributed by atoms with Crippen molar-refractivity contribution < 1.29 is 0 Å². The number of hydrogen-bond acceptors (Lipinski definition) is 1. The molecule has 0 amide bonds. The summed E-state index contributed by atoms with van der Waals surface area (Å²) in [5.74, 6) is 2.24. The first kappa shape index (κ1) is 12.5. The smallest absolute Gasteiger partial charge is 0.0266 e. The van der Waals surface area contributed by atoms with Gasteiger partial charge in [-0.05, 0) is 36.3 Å². The lowest BCUT2D eigenvalue weighted by molar-refractivity contribution is 0.277. The van der Waals surface area contributed by atoms with E-state index in [4.69, 9.17) is 11.6 Å². The molecule has 2 heteroatoms. The molecule has 0 aliphatic heterocycles. The van der Waals surface area contributed by atoms with E-state index in [-0.39, 0.29) is 0 Å². The summed E-state index contributed by atoms with van der Waals surface area (Å²) in [7, 11) is 0. The maximum absolute atomic E-state index is 6.08. The highest BCUT2D eigenvalue weighted by molar-refractivity contribution is 6.18. The predicted molar refractivity (Wildman–Crippen MR) is 77.4 cm³/mol. The van der Waals surface area contributed by atoms with Gasteiger partial charge in [-0.25, -0.2) is 0 Å². The van der Waals surface area contributed by atoms with Crippen LogP contribution in [-0.2, 0) is 6.42 Å². The van der Waals surface area contributed by atoms with Crippen LogP contribution in [0.15, 0.2) is 24.3 Å². The van der Waals surface area contributed by atoms with Crippen LogP contribution < -0.4 is 5.32 Å². The highest BCUT2D eigenvalue weighted by Gasteiger charge is 2.28. The Balaban J connectivity index is 1.53. The van der Waals surface area contributed by atoms with Gasteiger partial charge in [0, 0.05) is 24.4 Å². The molecule has 3 rings (SSSR count). The van der Waals surface area contributed by atoms with E-state index >= 15 is 0 Å². The molecule has 0 spiro atoms. The van der Waals surface area contributed by atoms with E-state index in [1.165, 1.54) is 32.1 Å². The lowest BCUT2D eigenvalue weighted by Gasteiger charge is -2.35. The molecule has 0 heterocycles. The van der Waals surface area contributed by atoms with Gasteiger partial charge in [-0.1, -0.05) is 37.1 Å². The predicted octanol–water partition coefficient (Wildman–Crippen LogP) is 3.71. The molecule has 3 unspecified atom stereocenters. The van der Waals surface area contributed by atoms with Crippen LogP contribution in [0.4, 0.5) is 0 Å². The van der Waals surface area contributed by atoms with Crippen molar-refractivity contribution in [3.8, 4) is 0 Å². The average Bonchev–Trinajstić information content (AvgIpc) is 2.40. The molecule has 0 radical (unpaired) electrons. The van der Waals surface area contributed by atoms with E-state index in [2.05, 4.69) is 29.6 Å². The minimum absolute atomic E-state index is 0.656. The van der Waals surface area contributed by atoms with Crippen molar-refractivity contribution in [3.05, 3.63) is 35.4 Å². The van der Waals surface area contributed by atoms with Crippen molar-refractivity contribution in [2.75, 3.05) is 12.4 Å². The van der Waals surface area contributed by atoms with Crippen molar-refractivity contribution >= 4 is 11.6 Å². The van der Waals surface area contributed by atoms with E-state index in [1.807, 2.05) is 0 Å². The first-order valence-corrected chi connectivity index (χ1v) is 7.79. The van der Waals surface area contributed by atoms with Crippen LogP contribution in [0.5, 0.6) is 0 Å². The largest absolute Gasteiger partial charge is 0.313 e. The van der Waals surface area contributed by atoms with Crippen LogP contribution in [0.25, 0.3) is 0 Å². The molecule has 0 bridgehead atoms. The number of fused-ring (bicyclic) bond motifs is 1. The topological polar surface area (TPSA) is 12.0 Å². The highest BCUT2D eigenvalue weighted by Crippen LogP contribution is 2.34. The molecule has 0 aromatic heterocycles. The summed E-state index contributed by atoms with van der Waals surface area (Å²) in [5.41, 5.74) is 3.10. The van der Waals surface area contributed by atoms with Crippen molar-refractivity contribution in [3.63, 3.8) is 0 Å². The molecule has 3 atom stereocenters. The van der Waals surface area contributed by atoms with Crippen molar-refractivity contribution in [2.45, 2.75) is 44.1 Å². The normalized spacial score (nSPS) is 30.6. The Hall–Kier alpha value is -0.530. The van der Waals surface area contributed by atoms with Crippen LogP contribution >= 0.6 is 11.6 Å². The quantitative estimate of drug-likeness (QED) is 0.817. The van der Waals surface area contributed by atoms with Gasteiger partial charge in [0.1, 0.15) is 0 Å². The van der Waals surface area contributed by atoms with E-state index in [1.54, 1.807) is 11.1 Å². The van der Waals surface area contributed by atoms with Gasteiger partial charge >= 0.3 is 0 Å². The minimum atomic E-state index is 0.656. The Labute approximate surface area is 115 Å². The fraction of sp³-hybridized carbons (Fsp3) is 0.625. The van der Waals surface area contributed by atoms with Crippen LogP contribution in [0, 0.1) is 5.92 Å². The molecular formula is C16H22ClN. The Morgan fingerprint density at radius 3 is 2.83 bits per heavy atom. The molecule has 18 heavy (non-hydrogen) atoms. The highest BCUT2D eigenvalue weighted by atomic mass is 35.5. The molecule has 98 valence electrons. The number of hydrogen-bond donors (Lipinski definition) is 1. The molecule has 1 aromatic rings. The van der Waals surface area contributed by atoms with Gasteiger partial charge in [-0.2, -0.15) is 0 Å². The number of rotatable bonds is 4. The van der Waals surface area contributed by atoms with Gasteiger partial charge in [0.2, 0.25) is 0 Å². The molecule has 1 fully saturated rings.